The zero-order valence-electron chi connectivity index (χ0n) is 11.5. The van der Waals surface area contributed by atoms with Gasteiger partial charge in [0.05, 0.1) is 0 Å². The van der Waals surface area contributed by atoms with Crippen LogP contribution in [0.3, 0.4) is 0 Å². The fourth-order valence-corrected chi connectivity index (χ4v) is 2.01. The first kappa shape index (κ1) is 13.5. The number of amides is 1. The molecular formula is C15H16N4O2. The lowest BCUT2D eigenvalue weighted by molar-refractivity contribution is -0.121. The molecule has 1 saturated carbocycles. The number of benzene rings is 1. The molecule has 3 rings (SSSR count). The first-order valence-corrected chi connectivity index (χ1v) is 7.03. The SMILES string of the molecule is O=C(CCc1nnc(-c2ccccc2)[nH]c1=O)NC1CC1. The Morgan fingerprint density at radius 3 is 2.67 bits per heavy atom. The van der Waals surface area contributed by atoms with Crippen molar-refractivity contribution in [2.24, 2.45) is 0 Å². The number of aromatic amines is 1. The molecule has 0 atom stereocenters. The summed E-state index contributed by atoms with van der Waals surface area (Å²) < 4.78 is 0. The van der Waals surface area contributed by atoms with Gasteiger partial charge < -0.3 is 10.3 Å². The summed E-state index contributed by atoms with van der Waals surface area (Å²) in [6.45, 7) is 0. The fraction of sp³-hybridized carbons (Fsp3) is 0.333. The van der Waals surface area contributed by atoms with Crippen molar-refractivity contribution in [1.29, 1.82) is 0 Å². The van der Waals surface area contributed by atoms with Gasteiger partial charge in [0.1, 0.15) is 5.69 Å². The topological polar surface area (TPSA) is 87.7 Å². The van der Waals surface area contributed by atoms with Crippen LogP contribution in [0.25, 0.3) is 11.4 Å². The fourth-order valence-electron chi connectivity index (χ4n) is 2.01. The van der Waals surface area contributed by atoms with E-state index in [4.69, 9.17) is 0 Å². The normalized spacial score (nSPS) is 13.9. The van der Waals surface area contributed by atoms with Gasteiger partial charge in [0.15, 0.2) is 5.82 Å². The molecule has 2 aromatic rings. The van der Waals surface area contributed by atoms with Gasteiger partial charge in [-0.3, -0.25) is 9.59 Å². The van der Waals surface area contributed by atoms with Gasteiger partial charge in [-0.05, 0) is 12.8 Å². The average molecular weight is 284 g/mol. The molecule has 6 nitrogen and oxygen atoms in total. The van der Waals surface area contributed by atoms with Gasteiger partial charge in [0.25, 0.3) is 5.56 Å². The number of nitrogens with zero attached hydrogens (tertiary/aromatic N) is 2. The number of rotatable bonds is 5. The van der Waals surface area contributed by atoms with Crippen LogP contribution in [0.5, 0.6) is 0 Å². The molecule has 1 amide bonds. The van der Waals surface area contributed by atoms with Gasteiger partial charge in [-0.15, -0.1) is 10.2 Å². The first-order chi connectivity index (χ1) is 10.2. The van der Waals surface area contributed by atoms with Crippen LogP contribution < -0.4 is 10.9 Å². The highest BCUT2D eigenvalue weighted by atomic mass is 16.1. The van der Waals surface area contributed by atoms with Crippen LogP contribution in [0.4, 0.5) is 0 Å². The third-order valence-electron chi connectivity index (χ3n) is 3.34. The van der Waals surface area contributed by atoms with Crippen LogP contribution in [-0.2, 0) is 11.2 Å². The van der Waals surface area contributed by atoms with Gasteiger partial charge in [-0.25, -0.2) is 0 Å². The molecule has 6 heteroatoms. The second-order valence-electron chi connectivity index (χ2n) is 5.16. The Bertz CT molecular complexity index is 692. The van der Waals surface area contributed by atoms with Crippen LogP contribution in [0.15, 0.2) is 35.1 Å². The summed E-state index contributed by atoms with van der Waals surface area (Å²) in [5, 5.41) is 10.9. The maximum Gasteiger partial charge on any atom is 0.273 e. The number of carbonyl (C=O) groups is 1. The first-order valence-electron chi connectivity index (χ1n) is 7.03. The Kier molecular flexibility index (Phi) is 3.77. The molecule has 1 aromatic heterocycles. The highest BCUT2D eigenvalue weighted by Crippen LogP contribution is 2.18. The lowest BCUT2D eigenvalue weighted by Gasteiger charge is -2.03. The standard InChI is InChI=1S/C15H16N4O2/c20-13(16-11-6-7-11)9-8-12-15(21)17-14(19-18-12)10-4-2-1-3-5-10/h1-5,11H,6-9H2,(H,16,20)(H,17,19,21). The minimum absolute atomic E-state index is 0.0363. The minimum atomic E-state index is -0.289. The van der Waals surface area contributed by atoms with Crippen molar-refractivity contribution >= 4 is 5.91 Å². The molecule has 0 spiro atoms. The van der Waals surface area contributed by atoms with Crippen LogP contribution in [0.1, 0.15) is 25.0 Å². The second-order valence-corrected chi connectivity index (χ2v) is 5.16. The van der Waals surface area contributed by atoms with E-state index in [1.54, 1.807) is 0 Å². The van der Waals surface area contributed by atoms with E-state index in [9.17, 15) is 9.59 Å². The van der Waals surface area contributed by atoms with Crippen molar-refractivity contribution in [3.8, 4) is 11.4 Å². The van der Waals surface area contributed by atoms with Crippen LogP contribution in [0.2, 0.25) is 0 Å². The molecule has 0 unspecified atom stereocenters. The Hall–Kier alpha value is -2.50. The zero-order chi connectivity index (χ0) is 14.7. The molecule has 1 aliphatic rings. The van der Waals surface area contributed by atoms with Gasteiger partial charge >= 0.3 is 0 Å². The van der Waals surface area contributed by atoms with E-state index in [1.807, 2.05) is 30.3 Å². The second kappa shape index (κ2) is 5.87. The third kappa shape index (κ3) is 3.53. The molecule has 1 fully saturated rings. The maximum absolute atomic E-state index is 12.0. The number of H-pyrrole nitrogens is 1. The third-order valence-corrected chi connectivity index (χ3v) is 3.34. The van der Waals surface area contributed by atoms with E-state index in [1.165, 1.54) is 0 Å². The highest BCUT2D eigenvalue weighted by Gasteiger charge is 2.23. The highest BCUT2D eigenvalue weighted by molar-refractivity contribution is 5.76. The summed E-state index contributed by atoms with van der Waals surface area (Å²) in [6.07, 6.45) is 2.67. The Morgan fingerprint density at radius 2 is 2.00 bits per heavy atom. The van der Waals surface area contributed by atoms with Crippen molar-refractivity contribution < 1.29 is 4.79 Å². The van der Waals surface area contributed by atoms with E-state index < -0.39 is 0 Å². The van der Waals surface area contributed by atoms with E-state index in [2.05, 4.69) is 20.5 Å². The molecule has 0 radical (unpaired) electrons. The number of aromatic nitrogens is 3. The lowest BCUT2D eigenvalue weighted by atomic mass is 10.2. The summed E-state index contributed by atoms with van der Waals surface area (Å²) in [7, 11) is 0. The maximum atomic E-state index is 12.0. The quantitative estimate of drug-likeness (QED) is 0.859. The van der Waals surface area contributed by atoms with Gasteiger partial charge in [0, 0.05) is 24.4 Å². The van der Waals surface area contributed by atoms with Gasteiger partial charge in [-0.2, -0.15) is 0 Å². The largest absolute Gasteiger partial charge is 0.353 e. The Morgan fingerprint density at radius 1 is 1.24 bits per heavy atom. The predicted octanol–water partition coefficient (Wildman–Crippen LogP) is 1.04. The van der Waals surface area contributed by atoms with E-state index in [-0.39, 0.29) is 17.9 Å². The van der Waals surface area contributed by atoms with Crippen molar-refractivity contribution in [1.82, 2.24) is 20.5 Å². The van der Waals surface area contributed by atoms with Crippen LogP contribution in [0, 0.1) is 0 Å². The predicted molar refractivity (Wildman–Crippen MR) is 77.6 cm³/mol. The molecule has 0 saturated heterocycles. The molecular weight excluding hydrogens is 268 g/mol. The molecule has 1 aliphatic carbocycles. The molecule has 2 N–H and O–H groups in total. The summed E-state index contributed by atoms with van der Waals surface area (Å²) in [5.74, 6) is 0.401. The van der Waals surface area contributed by atoms with E-state index in [0.29, 0.717) is 24.0 Å². The number of carbonyl (C=O) groups excluding carboxylic acids is 1. The number of aryl methyl sites for hydroxylation is 1. The number of hydrogen-bond acceptors (Lipinski definition) is 4. The van der Waals surface area contributed by atoms with Gasteiger partial charge in [0.2, 0.25) is 5.91 Å². The lowest BCUT2D eigenvalue weighted by Crippen LogP contribution is -2.27. The Balaban J connectivity index is 1.67. The van der Waals surface area contributed by atoms with Crippen LogP contribution in [-0.4, -0.2) is 27.1 Å². The van der Waals surface area contributed by atoms with Crippen molar-refractivity contribution in [3.63, 3.8) is 0 Å². The molecule has 21 heavy (non-hydrogen) atoms. The number of hydrogen-bond donors (Lipinski definition) is 2. The van der Waals surface area contributed by atoms with Crippen LogP contribution >= 0.6 is 0 Å². The Labute approximate surface area is 121 Å². The number of nitrogens with one attached hydrogen (secondary N) is 2. The average Bonchev–Trinajstić information content (AvgIpc) is 3.31. The van der Waals surface area contributed by atoms with Crippen molar-refractivity contribution in [2.75, 3.05) is 0 Å². The molecule has 0 aliphatic heterocycles. The van der Waals surface area contributed by atoms with E-state index >= 15 is 0 Å². The molecule has 108 valence electrons. The van der Waals surface area contributed by atoms with Crippen molar-refractivity contribution in [3.05, 3.63) is 46.4 Å². The smallest absolute Gasteiger partial charge is 0.273 e. The minimum Gasteiger partial charge on any atom is -0.353 e. The van der Waals surface area contributed by atoms with Gasteiger partial charge in [-0.1, -0.05) is 30.3 Å². The summed E-state index contributed by atoms with van der Waals surface area (Å²) in [4.78, 5) is 26.3. The monoisotopic (exact) mass is 284 g/mol. The summed E-state index contributed by atoms with van der Waals surface area (Å²) >= 11 is 0. The molecule has 1 heterocycles. The molecule has 0 bridgehead atoms. The summed E-state index contributed by atoms with van der Waals surface area (Å²) in [5.41, 5.74) is 0.809. The molecule has 1 aromatic carbocycles. The summed E-state index contributed by atoms with van der Waals surface area (Å²) in [6, 6.07) is 9.66. The van der Waals surface area contributed by atoms with E-state index in [0.717, 1.165) is 18.4 Å². The zero-order valence-corrected chi connectivity index (χ0v) is 11.5. The van der Waals surface area contributed by atoms with Crippen molar-refractivity contribution in [2.45, 2.75) is 31.7 Å².